The number of fused-ring (bicyclic) bond motifs is 1. The number of hydrogen-bond donors (Lipinski definition) is 1. The molecule has 0 radical (unpaired) electrons. The van der Waals surface area contributed by atoms with Crippen LogP contribution < -0.4 is 10.1 Å². The van der Waals surface area contributed by atoms with Crippen LogP contribution in [0, 0.1) is 6.92 Å². The second-order valence-corrected chi connectivity index (χ2v) is 9.44. The molecule has 8 nitrogen and oxygen atoms in total. The van der Waals surface area contributed by atoms with Crippen LogP contribution >= 0.6 is 11.3 Å². The van der Waals surface area contributed by atoms with Gasteiger partial charge >= 0.3 is 0 Å². The molecule has 1 N–H and O–H groups in total. The molecule has 0 spiro atoms. The van der Waals surface area contributed by atoms with Gasteiger partial charge in [-0.25, -0.2) is 4.98 Å². The summed E-state index contributed by atoms with van der Waals surface area (Å²) in [6, 6.07) is 10.1. The van der Waals surface area contributed by atoms with Crippen molar-refractivity contribution in [3.8, 4) is 5.88 Å². The van der Waals surface area contributed by atoms with E-state index in [2.05, 4.69) is 15.3 Å². The quantitative estimate of drug-likeness (QED) is 0.528. The zero-order valence-electron chi connectivity index (χ0n) is 19.8. The molecule has 0 bridgehead atoms. The van der Waals surface area contributed by atoms with Gasteiger partial charge in [-0.2, -0.15) is 4.98 Å². The normalized spacial score (nSPS) is 14.4. The minimum Gasteiger partial charge on any atom is -0.480 e. The van der Waals surface area contributed by atoms with E-state index in [1.807, 2.05) is 42.2 Å². The van der Waals surface area contributed by atoms with Crippen LogP contribution in [0.15, 0.2) is 30.3 Å². The smallest absolute Gasteiger partial charge is 0.264 e. The third-order valence-corrected chi connectivity index (χ3v) is 7.27. The Hall–Kier alpha value is -3.04. The van der Waals surface area contributed by atoms with Gasteiger partial charge in [0, 0.05) is 32.7 Å². The highest BCUT2D eigenvalue weighted by atomic mass is 32.1. The first-order chi connectivity index (χ1) is 16.5. The molecule has 2 aromatic heterocycles. The Morgan fingerprint density at radius 3 is 2.56 bits per heavy atom. The topological polar surface area (TPSA) is 93.7 Å². The second kappa shape index (κ2) is 10.9. The standard InChI is InChI=1S/C25H30N4O4S/c1-16-21-23(33-3)27-19(15-32-2)28-24(21)34-22(16)25(31)29-13-11-18(12-14-29)26-20(30)10-9-17-7-5-4-6-8-17/h4-8,18H,9-15H2,1-3H3,(H,26,30). The number of carbonyl (C=O) groups excluding carboxylic acids is 2. The van der Waals surface area contributed by atoms with Gasteiger partial charge in [-0.1, -0.05) is 30.3 Å². The summed E-state index contributed by atoms with van der Waals surface area (Å²) in [6.45, 7) is 3.40. The molecule has 34 heavy (non-hydrogen) atoms. The molecule has 3 aromatic rings. The van der Waals surface area contributed by atoms with E-state index in [9.17, 15) is 9.59 Å². The van der Waals surface area contributed by atoms with Gasteiger partial charge in [0.25, 0.3) is 5.91 Å². The van der Waals surface area contributed by atoms with Crippen LogP contribution in [-0.2, 0) is 22.6 Å². The van der Waals surface area contributed by atoms with Crippen molar-refractivity contribution in [1.29, 1.82) is 0 Å². The van der Waals surface area contributed by atoms with E-state index >= 15 is 0 Å². The average Bonchev–Trinajstić information content (AvgIpc) is 3.19. The fourth-order valence-electron chi connectivity index (χ4n) is 4.26. The lowest BCUT2D eigenvalue weighted by Crippen LogP contribution is -2.46. The number of hydrogen-bond acceptors (Lipinski definition) is 7. The lowest BCUT2D eigenvalue weighted by Gasteiger charge is -2.32. The van der Waals surface area contributed by atoms with Gasteiger partial charge in [0.1, 0.15) is 11.4 Å². The van der Waals surface area contributed by atoms with Crippen LogP contribution in [-0.4, -0.2) is 60.0 Å². The second-order valence-electron chi connectivity index (χ2n) is 8.44. The Kier molecular flexibility index (Phi) is 7.74. The number of nitrogens with one attached hydrogen (secondary N) is 1. The van der Waals surface area contributed by atoms with Crippen LogP contribution in [0.25, 0.3) is 10.2 Å². The summed E-state index contributed by atoms with van der Waals surface area (Å²) >= 11 is 1.36. The fraction of sp³-hybridized carbons (Fsp3) is 0.440. The molecule has 0 aliphatic carbocycles. The van der Waals surface area contributed by atoms with Crippen molar-refractivity contribution in [3.05, 3.63) is 52.2 Å². The molecule has 4 rings (SSSR count). The first-order valence-electron chi connectivity index (χ1n) is 11.5. The SMILES string of the molecule is COCc1nc(OC)c2c(C)c(C(=O)N3CCC(NC(=O)CCc4ccccc4)CC3)sc2n1. The Bertz CT molecular complexity index is 1160. The molecule has 2 amide bonds. The molecular formula is C25H30N4O4S. The molecular weight excluding hydrogens is 452 g/mol. The molecule has 1 fully saturated rings. The number of piperidine rings is 1. The van der Waals surface area contributed by atoms with Crippen LogP contribution in [0.2, 0.25) is 0 Å². The van der Waals surface area contributed by atoms with Gasteiger partial charge in [0.2, 0.25) is 11.8 Å². The average molecular weight is 483 g/mol. The molecule has 1 aliphatic rings. The lowest BCUT2D eigenvalue weighted by atomic mass is 10.0. The van der Waals surface area contributed by atoms with E-state index in [-0.39, 0.29) is 24.5 Å². The minimum absolute atomic E-state index is 0.00954. The van der Waals surface area contributed by atoms with Crippen molar-refractivity contribution in [3.63, 3.8) is 0 Å². The van der Waals surface area contributed by atoms with E-state index < -0.39 is 0 Å². The third kappa shape index (κ3) is 5.37. The number of rotatable bonds is 8. The van der Waals surface area contributed by atoms with Crippen LogP contribution in [0.5, 0.6) is 5.88 Å². The summed E-state index contributed by atoms with van der Waals surface area (Å²) in [7, 11) is 3.15. The highest BCUT2D eigenvalue weighted by Crippen LogP contribution is 2.36. The summed E-state index contributed by atoms with van der Waals surface area (Å²) in [6.07, 6.45) is 2.69. The molecule has 1 aromatic carbocycles. The van der Waals surface area contributed by atoms with Crippen molar-refractivity contribution in [2.24, 2.45) is 0 Å². The lowest BCUT2D eigenvalue weighted by molar-refractivity contribution is -0.122. The van der Waals surface area contributed by atoms with Gasteiger partial charge in [-0.05, 0) is 37.3 Å². The number of aryl methyl sites for hydroxylation is 2. The van der Waals surface area contributed by atoms with Gasteiger partial charge in [0.15, 0.2) is 5.82 Å². The molecule has 0 unspecified atom stereocenters. The predicted octanol–water partition coefficient (Wildman–Crippen LogP) is 3.51. The summed E-state index contributed by atoms with van der Waals surface area (Å²) in [5.41, 5.74) is 1.99. The van der Waals surface area contributed by atoms with Crippen molar-refractivity contribution in [1.82, 2.24) is 20.2 Å². The van der Waals surface area contributed by atoms with Crippen molar-refractivity contribution in [2.45, 2.75) is 45.3 Å². The maximum Gasteiger partial charge on any atom is 0.264 e. The monoisotopic (exact) mass is 482 g/mol. The Morgan fingerprint density at radius 1 is 1.15 bits per heavy atom. The van der Waals surface area contributed by atoms with E-state index in [4.69, 9.17) is 9.47 Å². The summed E-state index contributed by atoms with van der Waals surface area (Å²) in [4.78, 5) is 37.9. The van der Waals surface area contributed by atoms with E-state index in [1.54, 1.807) is 14.2 Å². The molecule has 0 atom stereocenters. The fourth-order valence-corrected chi connectivity index (χ4v) is 5.42. The minimum atomic E-state index is -0.00954. The zero-order valence-corrected chi connectivity index (χ0v) is 20.6. The van der Waals surface area contributed by atoms with Gasteiger partial charge < -0.3 is 19.7 Å². The molecule has 1 saturated heterocycles. The van der Waals surface area contributed by atoms with E-state index in [0.29, 0.717) is 36.1 Å². The molecule has 9 heteroatoms. The van der Waals surface area contributed by atoms with Crippen molar-refractivity contribution in [2.75, 3.05) is 27.3 Å². The zero-order chi connectivity index (χ0) is 24.1. The highest BCUT2D eigenvalue weighted by molar-refractivity contribution is 7.20. The third-order valence-electron chi connectivity index (χ3n) is 6.10. The van der Waals surface area contributed by atoms with Crippen LogP contribution in [0.4, 0.5) is 0 Å². The van der Waals surface area contributed by atoms with Crippen molar-refractivity contribution < 1.29 is 19.1 Å². The van der Waals surface area contributed by atoms with Crippen molar-refractivity contribution >= 4 is 33.4 Å². The summed E-state index contributed by atoms with van der Waals surface area (Å²) < 4.78 is 10.6. The Morgan fingerprint density at radius 2 is 1.88 bits per heavy atom. The Labute approximate surface area is 203 Å². The summed E-state index contributed by atoms with van der Waals surface area (Å²) in [5.74, 6) is 1.04. The predicted molar refractivity (Wildman–Crippen MR) is 131 cm³/mol. The largest absolute Gasteiger partial charge is 0.480 e. The number of amides is 2. The number of thiophene rings is 1. The highest BCUT2D eigenvalue weighted by Gasteiger charge is 2.28. The number of likely N-dealkylation sites (tertiary alicyclic amines) is 1. The number of aromatic nitrogens is 2. The number of nitrogens with zero attached hydrogens (tertiary/aromatic N) is 3. The number of ether oxygens (including phenoxy) is 2. The van der Waals surface area contributed by atoms with Gasteiger partial charge in [-0.15, -0.1) is 11.3 Å². The summed E-state index contributed by atoms with van der Waals surface area (Å²) in [5, 5.41) is 3.91. The van der Waals surface area contributed by atoms with Crippen LogP contribution in [0.1, 0.15) is 45.9 Å². The van der Waals surface area contributed by atoms with E-state index in [0.717, 1.165) is 40.6 Å². The number of benzene rings is 1. The molecule has 1 aliphatic heterocycles. The van der Waals surface area contributed by atoms with Crippen LogP contribution in [0.3, 0.4) is 0 Å². The maximum absolute atomic E-state index is 13.3. The number of methoxy groups -OCH3 is 2. The molecule has 180 valence electrons. The first kappa shape index (κ1) is 24.1. The first-order valence-corrected chi connectivity index (χ1v) is 12.3. The maximum atomic E-state index is 13.3. The Balaban J connectivity index is 1.36. The number of carbonyl (C=O) groups is 2. The van der Waals surface area contributed by atoms with Gasteiger partial charge in [0.05, 0.1) is 17.4 Å². The molecule has 0 saturated carbocycles. The van der Waals surface area contributed by atoms with E-state index in [1.165, 1.54) is 11.3 Å². The molecule has 3 heterocycles. The van der Waals surface area contributed by atoms with Gasteiger partial charge in [-0.3, -0.25) is 9.59 Å².